The van der Waals surface area contributed by atoms with E-state index in [4.69, 9.17) is 0 Å². The summed E-state index contributed by atoms with van der Waals surface area (Å²) in [6, 6.07) is 1.25. The highest BCUT2D eigenvalue weighted by molar-refractivity contribution is 6.82. The molecule has 0 aromatic rings. The molecular weight excluding hydrogens is 282 g/mol. The molecule has 1 nitrogen and oxygen atoms in total. The monoisotopic (exact) mass is 315 g/mol. The molecule has 0 bridgehead atoms. The Hall–Kier alpha value is -0.863. The summed E-state index contributed by atoms with van der Waals surface area (Å²) in [4.78, 5) is 2.59. The van der Waals surface area contributed by atoms with Crippen LogP contribution in [0.2, 0.25) is 24.2 Å². The van der Waals surface area contributed by atoms with E-state index in [1.54, 1.807) is 5.57 Å². The zero-order valence-electron chi connectivity index (χ0n) is 15.2. The fourth-order valence-electron chi connectivity index (χ4n) is 3.72. The molecule has 0 N–H and O–H groups in total. The first-order valence-electron chi connectivity index (χ1n) is 8.82. The Morgan fingerprint density at radius 1 is 0.955 bits per heavy atom. The molecule has 1 unspecified atom stereocenters. The molecule has 0 fully saturated rings. The number of rotatable bonds is 7. The van der Waals surface area contributed by atoms with E-state index in [0.29, 0.717) is 23.2 Å². The second-order valence-corrected chi connectivity index (χ2v) is 12.9. The third-order valence-electron chi connectivity index (χ3n) is 5.36. The van der Waals surface area contributed by atoms with Crippen molar-refractivity contribution in [1.29, 1.82) is 0 Å². The van der Waals surface area contributed by atoms with Gasteiger partial charge < -0.3 is 0 Å². The third-order valence-corrected chi connectivity index (χ3v) is 9.54. The lowest BCUT2D eigenvalue weighted by molar-refractivity contribution is 0.178. The summed E-state index contributed by atoms with van der Waals surface area (Å²) in [5.41, 5.74) is 2.93. The summed E-state index contributed by atoms with van der Waals surface area (Å²) in [6.07, 6.45) is 17.8. The van der Waals surface area contributed by atoms with Crippen LogP contribution in [0, 0.1) is 0 Å². The molecule has 0 aromatic carbocycles. The Kier molecular flexibility index (Phi) is 5.68. The van der Waals surface area contributed by atoms with Gasteiger partial charge in [-0.1, -0.05) is 61.2 Å². The molecule has 2 heteroatoms. The molecule has 2 aliphatic carbocycles. The molecule has 0 aromatic heterocycles. The van der Waals surface area contributed by atoms with Crippen molar-refractivity contribution in [3.05, 3.63) is 48.1 Å². The van der Waals surface area contributed by atoms with E-state index in [2.05, 4.69) is 88.2 Å². The first-order chi connectivity index (χ1) is 10.3. The Morgan fingerprint density at radius 2 is 1.55 bits per heavy atom. The van der Waals surface area contributed by atoms with Gasteiger partial charge in [0.25, 0.3) is 0 Å². The van der Waals surface area contributed by atoms with Crippen molar-refractivity contribution >= 4 is 8.07 Å². The molecule has 0 radical (unpaired) electrons. The predicted octanol–water partition coefficient (Wildman–Crippen LogP) is 5.57. The number of hydrogen-bond donors (Lipinski definition) is 0. The lowest BCUT2D eigenvalue weighted by Crippen LogP contribution is -2.37. The number of allylic oxidation sites excluding steroid dienone is 7. The van der Waals surface area contributed by atoms with E-state index < -0.39 is 8.07 Å². The number of hydrogen-bond acceptors (Lipinski definition) is 1. The first kappa shape index (κ1) is 17.5. The lowest BCUT2D eigenvalue weighted by atomic mass is 10.1. The van der Waals surface area contributed by atoms with Gasteiger partial charge in [0.2, 0.25) is 0 Å². The lowest BCUT2D eigenvalue weighted by Gasteiger charge is -2.32. The SMILES string of the molecule is CC(C)N(CCC1=CC([Si](C)(C)C2C=CC=C2)C=C1)C(C)C. The molecule has 122 valence electrons. The predicted molar refractivity (Wildman–Crippen MR) is 102 cm³/mol. The third kappa shape index (κ3) is 3.91. The van der Waals surface area contributed by atoms with Crippen LogP contribution in [-0.4, -0.2) is 31.6 Å². The van der Waals surface area contributed by atoms with Crippen molar-refractivity contribution in [2.24, 2.45) is 0 Å². The molecule has 0 amide bonds. The average molecular weight is 316 g/mol. The second kappa shape index (κ2) is 7.14. The molecular formula is C20H33NSi. The van der Waals surface area contributed by atoms with Crippen LogP contribution < -0.4 is 0 Å². The first-order valence-corrected chi connectivity index (χ1v) is 12.0. The maximum atomic E-state index is 2.59. The minimum atomic E-state index is -1.33. The van der Waals surface area contributed by atoms with Crippen molar-refractivity contribution in [3.63, 3.8) is 0 Å². The van der Waals surface area contributed by atoms with Gasteiger partial charge in [0.1, 0.15) is 0 Å². The number of nitrogens with zero attached hydrogens (tertiary/aromatic N) is 1. The van der Waals surface area contributed by atoms with Crippen LogP contribution in [0.3, 0.4) is 0 Å². The molecule has 2 aliphatic rings. The van der Waals surface area contributed by atoms with Crippen LogP contribution in [0.1, 0.15) is 34.1 Å². The standard InChI is InChI=1S/C20H33NSi/c1-16(2)21(17(3)4)14-13-18-11-12-20(15-18)22(5,6)19-9-7-8-10-19/h7-12,15-17,19-20H,13-14H2,1-6H3. The highest BCUT2D eigenvalue weighted by Gasteiger charge is 2.36. The Labute approximate surface area is 138 Å². The van der Waals surface area contributed by atoms with Crippen LogP contribution >= 0.6 is 0 Å². The van der Waals surface area contributed by atoms with Crippen LogP contribution in [0.4, 0.5) is 0 Å². The minimum Gasteiger partial charge on any atom is -0.298 e. The normalized spacial score (nSPS) is 21.9. The molecule has 0 saturated carbocycles. The summed E-state index contributed by atoms with van der Waals surface area (Å²) in [5.74, 6) is 0. The van der Waals surface area contributed by atoms with Gasteiger partial charge >= 0.3 is 0 Å². The Balaban J connectivity index is 1.96. The molecule has 22 heavy (non-hydrogen) atoms. The topological polar surface area (TPSA) is 3.24 Å². The summed E-state index contributed by atoms with van der Waals surface area (Å²) >= 11 is 0. The molecule has 0 spiro atoms. The molecule has 0 heterocycles. The van der Waals surface area contributed by atoms with Gasteiger partial charge in [0, 0.05) is 18.6 Å². The molecule has 0 saturated heterocycles. The van der Waals surface area contributed by atoms with E-state index in [0.717, 1.165) is 0 Å². The summed E-state index contributed by atoms with van der Waals surface area (Å²) in [5, 5.41) is 0. The van der Waals surface area contributed by atoms with Gasteiger partial charge in [-0.15, -0.1) is 0 Å². The van der Waals surface area contributed by atoms with Crippen molar-refractivity contribution in [2.75, 3.05) is 6.54 Å². The van der Waals surface area contributed by atoms with Gasteiger partial charge in [-0.3, -0.25) is 4.90 Å². The molecule has 1 atom stereocenters. The summed E-state index contributed by atoms with van der Waals surface area (Å²) < 4.78 is 0. The zero-order chi connectivity index (χ0) is 16.3. The quantitative estimate of drug-likeness (QED) is 0.555. The Bertz CT molecular complexity index is 474. The van der Waals surface area contributed by atoms with E-state index >= 15 is 0 Å². The van der Waals surface area contributed by atoms with Gasteiger partial charge in [-0.05, 0) is 45.2 Å². The van der Waals surface area contributed by atoms with E-state index in [-0.39, 0.29) is 0 Å². The average Bonchev–Trinajstić information content (AvgIpc) is 3.10. The molecule has 2 rings (SSSR count). The highest BCUT2D eigenvalue weighted by atomic mass is 28.3. The van der Waals surface area contributed by atoms with Gasteiger partial charge in [0.05, 0.1) is 8.07 Å². The van der Waals surface area contributed by atoms with Crippen molar-refractivity contribution < 1.29 is 0 Å². The fourth-order valence-corrected chi connectivity index (χ4v) is 6.61. The van der Waals surface area contributed by atoms with Crippen LogP contribution in [0.5, 0.6) is 0 Å². The summed E-state index contributed by atoms with van der Waals surface area (Å²) in [7, 11) is -1.33. The van der Waals surface area contributed by atoms with Crippen molar-refractivity contribution in [2.45, 2.75) is 70.4 Å². The molecule has 0 aliphatic heterocycles. The largest absolute Gasteiger partial charge is 0.298 e. The minimum absolute atomic E-state index is 0.626. The van der Waals surface area contributed by atoms with Crippen molar-refractivity contribution in [1.82, 2.24) is 4.90 Å². The highest BCUT2D eigenvalue weighted by Crippen LogP contribution is 2.42. The van der Waals surface area contributed by atoms with Crippen LogP contribution in [-0.2, 0) is 0 Å². The van der Waals surface area contributed by atoms with Crippen molar-refractivity contribution in [3.8, 4) is 0 Å². The van der Waals surface area contributed by atoms with E-state index in [1.165, 1.54) is 13.0 Å². The second-order valence-electron chi connectivity index (χ2n) is 7.92. The van der Waals surface area contributed by atoms with Crippen LogP contribution in [0.25, 0.3) is 0 Å². The Morgan fingerprint density at radius 3 is 2.09 bits per heavy atom. The smallest absolute Gasteiger partial charge is 0.0699 e. The zero-order valence-corrected chi connectivity index (χ0v) is 16.2. The van der Waals surface area contributed by atoms with Gasteiger partial charge in [-0.2, -0.15) is 0 Å². The van der Waals surface area contributed by atoms with E-state index in [9.17, 15) is 0 Å². The van der Waals surface area contributed by atoms with E-state index in [1.807, 2.05) is 0 Å². The maximum Gasteiger partial charge on any atom is 0.0699 e. The van der Waals surface area contributed by atoms with Crippen LogP contribution in [0.15, 0.2) is 48.1 Å². The van der Waals surface area contributed by atoms with Gasteiger partial charge in [-0.25, -0.2) is 0 Å². The van der Waals surface area contributed by atoms with Gasteiger partial charge in [0.15, 0.2) is 0 Å². The maximum absolute atomic E-state index is 2.59. The fraction of sp³-hybridized carbons (Fsp3) is 0.600. The summed E-state index contributed by atoms with van der Waals surface area (Å²) in [6.45, 7) is 15.4.